The third kappa shape index (κ3) is 4.54. The Balaban J connectivity index is 1.84. The van der Waals surface area contributed by atoms with E-state index in [1.54, 1.807) is 23.8 Å². The summed E-state index contributed by atoms with van der Waals surface area (Å²) in [6.45, 7) is 4.43. The lowest BCUT2D eigenvalue weighted by Gasteiger charge is -2.30. The second-order valence-corrected chi connectivity index (χ2v) is 5.44. The van der Waals surface area contributed by atoms with Crippen LogP contribution in [0.4, 0.5) is 5.69 Å². The number of anilines is 1. The van der Waals surface area contributed by atoms with Crippen molar-refractivity contribution in [2.24, 2.45) is 0 Å². The first-order valence-electron chi connectivity index (χ1n) is 7.49. The third-order valence-electron chi connectivity index (χ3n) is 3.83. The molecule has 1 N–H and O–H groups in total. The van der Waals surface area contributed by atoms with Gasteiger partial charge in [-0.15, -0.1) is 0 Å². The van der Waals surface area contributed by atoms with Crippen molar-refractivity contribution in [2.75, 3.05) is 45.2 Å². The minimum Gasteiger partial charge on any atom is -0.378 e. The van der Waals surface area contributed by atoms with E-state index >= 15 is 0 Å². The normalized spacial score (nSPS) is 16.4. The van der Waals surface area contributed by atoms with Crippen LogP contribution in [0.3, 0.4) is 0 Å². The second kappa shape index (κ2) is 7.91. The molecule has 1 aliphatic rings. The molecule has 0 spiro atoms. The molecular weight excluding hydrogens is 282 g/mol. The van der Waals surface area contributed by atoms with Gasteiger partial charge in [-0.05, 0) is 26.1 Å². The Morgan fingerprint density at radius 3 is 2.55 bits per heavy atom. The van der Waals surface area contributed by atoms with E-state index in [4.69, 9.17) is 4.74 Å². The van der Waals surface area contributed by atoms with Crippen molar-refractivity contribution < 1.29 is 14.3 Å². The van der Waals surface area contributed by atoms with E-state index in [0.717, 1.165) is 5.69 Å². The van der Waals surface area contributed by atoms with Crippen LogP contribution in [0.2, 0.25) is 0 Å². The van der Waals surface area contributed by atoms with Crippen molar-refractivity contribution in [3.63, 3.8) is 0 Å². The van der Waals surface area contributed by atoms with Gasteiger partial charge in [0.2, 0.25) is 11.8 Å². The Bertz CT molecular complexity index is 501. The average molecular weight is 305 g/mol. The van der Waals surface area contributed by atoms with Crippen molar-refractivity contribution >= 4 is 17.5 Å². The van der Waals surface area contributed by atoms with Crippen molar-refractivity contribution in [3.05, 3.63) is 30.3 Å². The van der Waals surface area contributed by atoms with Crippen molar-refractivity contribution in [3.8, 4) is 0 Å². The number of para-hydroxylation sites is 1. The summed E-state index contributed by atoms with van der Waals surface area (Å²) in [6.07, 6.45) is 0. The summed E-state index contributed by atoms with van der Waals surface area (Å²) in [7, 11) is 1.79. The lowest BCUT2D eigenvalue weighted by Crippen LogP contribution is -2.48. The maximum atomic E-state index is 12.2. The quantitative estimate of drug-likeness (QED) is 0.874. The third-order valence-corrected chi connectivity index (χ3v) is 3.83. The molecule has 120 valence electrons. The van der Waals surface area contributed by atoms with Gasteiger partial charge >= 0.3 is 0 Å². The second-order valence-electron chi connectivity index (χ2n) is 5.44. The predicted octanol–water partition coefficient (Wildman–Crippen LogP) is 0.804. The van der Waals surface area contributed by atoms with Gasteiger partial charge in [-0.1, -0.05) is 18.2 Å². The molecule has 6 heteroatoms. The van der Waals surface area contributed by atoms with E-state index < -0.39 is 0 Å². The molecule has 0 saturated carbocycles. The summed E-state index contributed by atoms with van der Waals surface area (Å²) in [5, 5.41) is 2.85. The number of ether oxygens (including phenoxy) is 1. The molecule has 1 fully saturated rings. The first-order chi connectivity index (χ1) is 10.6. The molecule has 6 nitrogen and oxygen atoms in total. The van der Waals surface area contributed by atoms with Crippen LogP contribution in [0.1, 0.15) is 6.92 Å². The Hall–Kier alpha value is -1.92. The fourth-order valence-corrected chi connectivity index (χ4v) is 2.23. The minimum atomic E-state index is -0.384. The van der Waals surface area contributed by atoms with Crippen LogP contribution in [-0.2, 0) is 14.3 Å². The van der Waals surface area contributed by atoms with Crippen molar-refractivity contribution in [1.29, 1.82) is 0 Å². The molecule has 0 unspecified atom stereocenters. The molecule has 1 aromatic carbocycles. The van der Waals surface area contributed by atoms with E-state index in [2.05, 4.69) is 5.32 Å². The summed E-state index contributed by atoms with van der Waals surface area (Å²) in [4.78, 5) is 27.9. The minimum absolute atomic E-state index is 0.0326. The van der Waals surface area contributed by atoms with E-state index in [-0.39, 0.29) is 24.4 Å². The van der Waals surface area contributed by atoms with Crippen LogP contribution in [0, 0.1) is 0 Å². The van der Waals surface area contributed by atoms with E-state index in [9.17, 15) is 9.59 Å². The standard InChI is InChI=1S/C16H23N3O3/c1-13(16(21)17-14-6-4-3-5-7-14)18(2)12-15(20)19-8-10-22-11-9-19/h3-7,13H,8-12H2,1-2H3,(H,17,21)/t13-/m0/s1. The fraction of sp³-hybridized carbons (Fsp3) is 0.500. The Morgan fingerprint density at radius 2 is 1.91 bits per heavy atom. The van der Waals surface area contributed by atoms with Gasteiger partial charge in [-0.2, -0.15) is 0 Å². The first-order valence-corrected chi connectivity index (χ1v) is 7.49. The molecule has 1 heterocycles. The number of hydrogen-bond donors (Lipinski definition) is 1. The zero-order valence-electron chi connectivity index (χ0n) is 13.1. The van der Waals surface area contributed by atoms with Crippen LogP contribution < -0.4 is 5.32 Å². The van der Waals surface area contributed by atoms with Gasteiger partial charge in [0.05, 0.1) is 25.8 Å². The van der Waals surface area contributed by atoms with Crippen molar-refractivity contribution in [1.82, 2.24) is 9.80 Å². The zero-order chi connectivity index (χ0) is 15.9. The Morgan fingerprint density at radius 1 is 1.27 bits per heavy atom. The molecule has 1 atom stereocenters. The molecule has 2 rings (SSSR count). The summed E-state index contributed by atoms with van der Waals surface area (Å²) in [6, 6.07) is 8.92. The van der Waals surface area contributed by atoms with Crippen LogP contribution in [0.5, 0.6) is 0 Å². The van der Waals surface area contributed by atoms with Crippen LogP contribution in [-0.4, -0.2) is 67.6 Å². The van der Waals surface area contributed by atoms with E-state index in [0.29, 0.717) is 26.3 Å². The van der Waals surface area contributed by atoms with E-state index in [1.807, 2.05) is 30.3 Å². The SMILES string of the molecule is C[C@@H](C(=O)Nc1ccccc1)N(C)CC(=O)N1CCOCC1. The lowest BCUT2D eigenvalue weighted by atomic mass is 10.2. The number of rotatable bonds is 5. The van der Waals surface area contributed by atoms with Crippen LogP contribution in [0.25, 0.3) is 0 Å². The highest BCUT2D eigenvalue weighted by molar-refractivity contribution is 5.94. The summed E-state index contributed by atoms with van der Waals surface area (Å²) in [5.74, 6) is -0.0892. The Kier molecular flexibility index (Phi) is 5.91. The molecule has 0 bridgehead atoms. The Labute approximate surface area is 131 Å². The number of morpholine rings is 1. The lowest BCUT2D eigenvalue weighted by molar-refractivity contribution is -0.137. The van der Waals surface area contributed by atoms with Gasteiger partial charge in [0, 0.05) is 18.8 Å². The van der Waals surface area contributed by atoms with Gasteiger partial charge in [0.15, 0.2) is 0 Å². The van der Waals surface area contributed by atoms with Gasteiger partial charge in [-0.25, -0.2) is 0 Å². The maximum absolute atomic E-state index is 12.2. The highest BCUT2D eigenvalue weighted by atomic mass is 16.5. The molecule has 22 heavy (non-hydrogen) atoms. The predicted molar refractivity (Wildman–Crippen MR) is 84.6 cm³/mol. The maximum Gasteiger partial charge on any atom is 0.241 e. The summed E-state index contributed by atoms with van der Waals surface area (Å²) < 4.78 is 5.24. The highest BCUT2D eigenvalue weighted by Crippen LogP contribution is 2.08. The number of hydrogen-bond acceptors (Lipinski definition) is 4. The monoisotopic (exact) mass is 305 g/mol. The van der Waals surface area contributed by atoms with Crippen LogP contribution >= 0.6 is 0 Å². The number of carbonyl (C=O) groups excluding carboxylic acids is 2. The number of amides is 2. The molecule has 0 aliphatic carbocycles. The molecular formula is C16H23N3O3. The first kappa shape index (κ1) is 16.5. The largest absolute Gasteiger partial charge is 0.378 e. The molecule has 0 aromatic heterocycles. The number of nitrogens with zero attached hydrogens (tertiary/aromatic N) is 2. The molecule has 1 aromatic rings. The number of nitrogens with one attached hydrogen (secondary N) is 1. The molecule has 1 aliphatic heterocycles. The van der Waals surface area contributed by atoms with Gasteiger partial charge in [-0.3, -0.25) is 14.5 Å². The zero-order valence-corrected chi connectivity index (χ0v) is 13.1. The summed E-state index contributed by atoms with van der Waals surface area (Å²) >= 11 is 0. The topological polar surface area (TPSA) is 61.9 Å². The van der Waals surface area contributed by atoms with Gasteiger partial charge in [0.25, 0.3) is 0 Å². The molecule has 2 amide bonds. The fourth-order valence-electron chi connectivity index (χ4n) is 2.23. The average Bonchev–Trinajstić information content (AvgIpc) is 2.55. The van der Waals surface area contributed by atoms with Crippen molar-refractivity contribution in [2.45, 2.75) is 13.0 Å². The van der Waals surface area contributed by atoms with E-state index in [1.165, 1.54) is 0 Å². The number of likely N-dealkylation sites (N-methyl/N-ethyl adjacent to an activating group) is 1. The molecule has 0 radical (unpaired) electrons. The van der Waals surface area contributed by atoms with Gasteiger partial charge in [0.1, 0.15) is 0 Å². The molecule has 1 saturated heterocycles. The number of carbonyl (C=O) groups is 2. The van der Waals surface area contributed by atoms with Crippen LogP contribution in [0.15, 0.2) is 30.3 Å². The smallest absolute Gasteiger partial charge is 0.241 e. The van der Waals surface area contributed by atoms with Gasteiger partial charge < -0.3 is 15.0 Å². The highest BCUT2D eigenvalue weighted by Gasteiger charge is 2.23. The summed E-state index contributed by atoms with van der Waals surface area (Å²) in [5.41, 5.74) is 0.757. The number of benzene rings is 1.